The third-order valence-electron chi connectivity index (χ3n) is 5.27. The first-order valence-corrected chi connectivity index (χ1v) is 9.87. The zero-order valence-electron chi connectivity index (χ0n) is 17.2. The number of nitrogens with zero attached hydrogens (tertiary/aromatic N) is 4. The van der Waals surface area contributed by atoms with E-state index in [-0.39, 0.29) is 0 Å². The third kappa shape index (κ3) is 3.78. The molecule has 0 radical (unpaired) electrons. The van der Waals surface area contributed by atoms with E-state index in [1.807, 2.05) is 24.3 Å². The van der Waals surface area contributed by atoms with Crippen LogP contribution >= 0.6 is 0 Å². The summed E-state index contributed by atoms with van der Waals surface area (Å²) in [5.41, 5.74) is 8.11. The summed E-state index contributed by atoms with van der Waals surface area (Å²) in [6.07, 6.45) is -1.95. The number of benzene rings is 1. The molecular weight excluding hydrogens is 404 g/mol. The number of nitrogens with two attached hydrogens (primary N) is 1. The molecule has 1 saturated heterocycles. The highest BCUT2D eigenvalue weighted by Gasteiger charge is 2.48. The first-order chi connectivity index (χ1) is 14.9. The number of nitrogen functional groups attached to an aromatic ring is 1. The van der Waals surface area contributed by atoms with Crippen LogP contribution in [-0.2, 0) is 16.1 Å². The van der Waals surface area contributed by atoms with E-state index in [4.69, 9.17) is 15.2 Å². The van der Waals surface area contributed by atoms with E-state index in [1.165, 1.54) is 10.9 Å². The fourth-order valence-corrected chi connectivity index (χ4v) is 3.61. The van der Waals surface area contributed by atoms with Gasteiger partial charge in [0.1, 0.15) is 24.3 Å². The number of nitrogens with one attached hydrogen (secondary N) is 1. The second-order valence-corrected chi connectivity index (χ2v) is 7.25. The van der Waals surface area contributed by atoms with Gasteiger partial charge in [0.05, 0.1) is 13.7 Å². The van der Waals surface area contributed by atoms with Crippen LogP contribution < -0.4 is 20.4 Å². The Balaban J connectivity index is 1.61. The highest BCUT2D eigenvalue weighted by molar-refractivity contribution is 5.82. The highest BCUT2D eigenvalue weighted by atomic mass is 16.6. The Morgan fingerprint density at radius 2 is 2.03 bits per heavy atom. The van der Waals surface area contributed by atoms with Crippen LogP contribution in [0.15, 0.2) is 36.9 Å². The second kappa shape index (κ2) is 8.46. The van der Waals surface area contributed by atoms with E-state index in [0.717, 1.165) is 11.3 Å². The van der Waals surface area contributed by atoms with Gasteiger partial charge >= 0.3 is 0 Å². The maximum atomic E-state index is 12.1. The number of hydrogen-bond donors (Lipinski definition) is 4. The van der Waals surface area contributed by atoms with Crippen molar-refractivity contribution < 1.29 is 29.0 Å². The molecule has 11 heteroatoms. The molecule has 0 bridgehead atoms. The van der Waals surface area contributed by atoms with Gasteiger partial charge in [-0.3, -0.25) is 9.36 Å². The normalized spacial score (nSPS) is 23.2. The quantitative estimate of drug-likeness (QED) is 0.369. The Morgan fingerprint density at radius 3 is 2.71 bits per heavy atom. The largest absolute Gasteiger partial charge is 0.497 e. The van der Waals surface area contributed by atoms with Gasteiger partial charge in [0.2, 0.25) is 12.0 Å². The number of anilines is 1. The molecule has 5 N–H and O–H groups in total. The van der Waals surface area contributed by atoms with Crippen LogP contribution in [-0.4, -0.2) is 62.6 Å². The Morgan fingerprint density at radius 1 is 1.29 bits per heavy atom. The lowest BCUT2D eigenvalue weighted by Crippen LogP contribution is -2.42. The SMILES string of the molecule is CCNC(=O)[C@H]1O[C@@H](n2cnc3c(N)[n+](Cc4ccc(OC)cc4)cnc32)[C@H](O)[C@@H]1O. The van der Waals surface area contributed by atoms with E-state index < -0.39 is 30.4 Å². The third-order valence-corrected chi connectivity index (χ3v) is 5.27. The smallest absolute Gasteiger partial charge is 0.252 e. The van der Waals surface area contributed by atoms with Gasteiger partial charge in [0.15, 0.2) is 17.8 Å². The van der Waals surface area contributed by atoms with Crippen LogP contribution in [0.5, 0.6) is 5.75 Å². The summed E-state index contributed by atoms with van der Waals surface area (Å²) in [4.78, 5) is 20.9. The molecule has 0 saturated carbocycles. The minimum absolute atomic E-state index is 0.372. The molecule has 0 aliphatic carbocycles. The van der Waals surface area contributed by atoms with Crippen molar-refractivity contribution in [2.45, 2.75) is 38.0 Å². The molecule has 31 heavy (non-hydrogen) atoms. The Hall–Kier alpha value is -3.28. The van der Waals surface area contributed by atoms with E-state index in [0.29, 0.717) is 30.1 Å². The number of fused-ring (bicyclic) bond motifs is 1. The molecule has 1 aliphatic rings. The van der Waals surface area contributed by atoms with Gasteiger partial charge in [0, 0.05) is 6.54 Å². The second-order valence-electron chi connectivity index (χ2n) is 7.25. The van der Waals surface area contributed by atoms with Crippen molar-refractivity contribution in [3.05, 3.63) is 42.5 Å². The van der Waals surface area contributed by atoms with Crippen molar-refractivity contribution >= 4 is 22.9 Å². The molecule has 4 rings (SSSR count). The number of hydrogen-bond acceptors (Lipinski definition) is 8. The van der Waals surface area contributed by atoms with Crippen LogP contribution in [0, 0.1) is 0 Å². The van der Waals surface area contributed by atoms with Crippen molar-refractivity contribution in [1.29, 1.82) is 0 Å². The van der Waals surface area contributed by atoms with Crippen molar-refractivity contribution in [2.24, 2.45) is 0 Å². The van der Waals surface area contributed by atoms with E-state index in [2.05, 4.69) is 15.3 Å². The number of aromatic nitrogens is 4. The highest BCUT2D eigenvalue weighted by Crippen LogP contribution is 2.32. The molecule has 1 aliphatic heterocycles. The number of aliphatic hydroxyl groups is 2. The van der Waals surface area contributed by atoms with Crippen molar-refractivity contribution in [3.8, 4) is 5.75 Å². The summed E-state index contributed by atoms with van der Waals surface area (Å²) in [6.45, 7) is 2.61. The first kappa shape index (κ1) is 21.0. The summed E-state index contributed by atoms with van der Waals surface area (Å²) in [6, 6.07) is 7.59. The molecule has 1 fully saturated rings. The first-order valence-electron chi connectivity index (χ1n) is 9.87. The zero-order chi connectivity index (χ0) is 22.1. The Kier molecular flexibility index (Phi) is 5.72. The van der Waals surface area contributed by atoms with Gasteiger partial charge in [-0.2, -0.15) is 0 Å². The molecule has 2 aromatic heterocycles. The molecule has 1 amide bonds. The average molecular weight is 429 g/mol. The van der Waals surface area contributed by atoms with Crippen LogP contribution in [0.1, 0.15) is 18.7 Å². The summed E-state index contributed by atoms with van der Waals surface area (Å²) in [5, 5.41) is 23.3. The fraction of sp³-hybridized carbons (Fsp3) is 0.400. The number of ether oxygens (including phenoxy) is 2. The number of carbonyl (C=O) groups excluding carboxylic acids is 1. The van der Waals surface area contributed by atoms with Crippen LogP contribution in [0.3, 0.4) is 0 Å². The average Bonchev–Trinajstić information content (AvgIpc) is 3.32. The van der Waals surface area contributed by atoms with Gasteiger partial charge < -0.3 is 30.7 Å². The summed E-state index contributed by atoms with van der Waals surface area (Å²) in [5.74, 6) is 0.649. The molecule has 3 heterocycles. The maximum absolute atomic E-state index is 12.1. The van der Waals surface area contributed by atoms with Crippen LogP contribution in [0.4, 0.5) is 5.82 Å². The zero-order valence-corrected chi connectivity index (χ0v) is 17.2. The number of methoxy groups -OCH3 is 1. The monoisotopic (exact) mass is 429 g/mol. The minimum Gasteiger partial charge on any atom is -0.497 e. The predicted octanol–water partition coefficient (Wildman–Crippen LogP) is -0.887. The minimum atomic E-state index is -1.38. The lowest BCUT2D eigenvalue weighted by atomic mass is 10.1. The van der Waals surface area contributed by atoms with Gasteiger partial charge in [-0.05, 0) is 24.6 Å². The van der Waals surface area contributed by atoms with Gasteiger partial charge in [-0.15, -0.1) is 0 Å². The molecule has 1 aromatic carbocycles. The van der Waals surface area contributed by atoms with E-state index in [9.17, 15) is 15.0 Å². The van der Waals surface area contributed by atoms with E-state index in [1.54, 1.807) is 24.9 Å². The Bertz CT molecular complexity index is 1090. The van der Waals surface area contributed by atoms with Crippen molar-refractivity contribution in [1.82, 2.24) is 19.9 Å². The molecule has 11 nitrogen and oxygen atoms in total. The molecular formula is C20H25N6O5+. The molecule has 0 unspecified atom stereocenters. The molecule has 4 atom stereocenters. The topological polar surface area (TPSA) is 149 Å². The van der Waals surface area contributed by atoms with Crippen LogP contribution in [0.2, 0.25) is 0 Å². The number of aliphatic hydroxyl groups excluding tert-OH is 2. The lowest BCUT2D eigenvalue weighted by molar-refractivity contribution is -0.675. The van der Waals surface area contributed by atoms with Gasteiger partial charge in [-0.1, -0.05) is 17.1 Å². The molecule has 164 valence electrons. The standard InChI is InChI=1S/C20H24N6O5/c1-3-22-19(29)16-14(27)15(28)20(31-16)26-10-23-13-17(21)25(9-24-18(13)26)8-11-4-6-12(30-2)7-5-11/h4-7,9-10,14-16,20-21,27-28H,3,8H2,1-2H3,(H,22,29)/p+1/t14-,15+,16-,20+/m0/s1. The molecule has 3 aromatic rings. The summed E-state index contributed by atoms with van der Waals surface area (Å²) >= 11 is 0. The summed E-state index contributed by atoms with van der Waals surface area (Å²) in [7, 11) is 1.61. The van der Waals surface area contributed by atoms with Crippen LogP contribution in [0.25, 0.3) is 11.2 Å². The molecule has 0 spiro atoms. The number of likely N-dealkylation sites (N-methyl/N-ethyl adjacent to an activating group) is 1. The lowest BCUT2D eigenvalue weighted by Gasteiger charge is -2.15. The van der Waals surface area contributed by atoms with Gasteiger partial charge in [-0.25, -0.2) is 9.55 Å². The predicted molar refractivity (Wildman–Crippen MR) is 109 cm³/mol. The number of imidazole rings is 1. The van der Waals surface area contributed by atoms with E-state index >= 15 is 0 Å². The van der Waals surface area contributed by atoms with Crippen molar-refractivity contribution in [3.63, 3.8) is 0 Å². The summed E-state index contributed by atoms with van der Waals surface area (Å²) < 4.78 is 14.0. The van der Waals surface area contributed by atoms with Crippen molar-refractivity contribution in [2.75, 3.05) is 19.4 Å². The number of rotatable bonds is 6. The van der Waals surface area contributed by atoms with Gasteiger partial charge in [0.25, 0.3) is 11.7 Å². The fourth-order valence-electron chi connectivity index (χ4n) is 3.61. The number of carbonyl (C=O) groups is 1. The Labute approximate surface area is 178 Å². The maximum Gasteiger partial charge on any atom is 0.252 e. The number of amides is 1.